The summed E-state index contributed by atoms with van der Waals surface area (Å²) >= 11 is 0. The lowest BCUT2D eigenvalue weighted by atomic mass is 9.94. The van der Waals surface area contributed by atoms with Gasteiger partial charge in [0.1, 0.15) is 0 Å². The first-order chi connectivity index (χ1) is 8.15. The molecule has 1 aliphatic carbocycles. The number of hydrogen-bond donors (Lipinski definition) is 1. The number of nitrogens with two attached hydrogens (primary N) is 1. The molecule has 2 N–H and O–H groups in total. The maximum Gasteiger partial charge on any atom is 0.0589 e. The van der Waals surface area contributed by atoms with Crippen LogP contribution in [0.1, 0.15) is 46.0 Å². The van der Waals surface area contributed by atoms with E-state index in [1.807, 2.05) is 0 Å². The molecule has 0 spiro atoms. The molecule has 1 fully saturated rings. The second kappa shape index (κ2) is 8.06. The fourth-order valence-corrected chi connectivity index (χ4v) is 2.71. The van der Waals surface area contributed by atoms with Crippen LogP contribution >= 0.6 is 0 Å². The van der Waals surface area contributed by atoms with Crippen molar-refractivity contribution in [3.63, 3.8) is 0 Å². The molecule has 3 heteroatoms. The Bertz CT molecular complexity index is 197. The van der Waals surface area contributed by atoms with E-state index in [-0.39, 0.29) is 0 Å². The average molecular weight is 242 g/mol. The molecule has 0 saturated heterocycles. The van der Waals surface area contributed by atoms with Gasteiger partial charge in [-0.05, 0) is 32.6 Å². The van der Waals surface area contributed by atoms with Crippen LogP contribution in [0.5, 0.6) is 0 Å². The lowest BCUT2D eigenvalue weighted by Gasteiger charge is -2.32. The summed E-state index contributed by atoms with van der Waals surface area (Å²) in [7, 11) is 1.77. The van der Waals surface area contributed by atoms with E-state index in [9.17, 15) is 0 Å². The van der Waals surface area contributed by atoms with Gasteiger partial charge in [-0.2, -0.15) is 0 Å². The molecule has 0 bridgehead atoms. The van der Waals surface area contributed by atoms with Crippen molar-refractivity contribution in [2.24, 2.45) is 11.7 Å². The van der Waals surface area contributed by atoms with Crippen molar-refractivity contribution in [2.45, 2.75) is 58.0 Å². The molecular formula is C14H30N2O. The van der Waals surface area contributed by atoms with Crippen molar-refractivity contribution in [1.82, 2.24) is 4.90 Å². The number of nitrogens with zero attached hydrogens (tertiary/aromatic N) is 1. The predicted octanol–water partition coefficient (Wildman–Crippen LogP) is 2.25. The minimum absolute atomic E-state index is 0.404. The van der Waals surface area contributed by atoms with Gasteiger partial charge in [0.2, 0.25) is 0 Å². The third kappa shape index (κ3) is 5.36. The Hall–Kier alpha value is -0.120. The van der Waals surface area contributed by atoms with Gasteiger partial charge in [0.15, 0.2) is 0 Å². The standard InChI is InChI=1S/C14H30N2O/c1-12(2)16(9-10-17-3)11-13-7-5-4-6-8-14(13)15/h12-14H,4-11,15H2,1-3H3. The van der Waals surface area contributed by atoms with Crippen molar-refractivity contribution in [3.8, 4) is 0 Å². The second-order valence-corrected chi connectivity index (χ2v) is 5.64. The first-order valence-electron chi connectivity index (χ1n) is 7.13. The monoisotopic (exact) mass is 242 g/mol. The zero-order chi connectivity index (χ0) is 12.7. The van der Waals surface area contributed by atoms with Crippen molar-refractivity contribution in [1.29, 1.82) is 0 Å². The van der Waals surface area contributed by atoms with Gasteiger partial charge in [0, 0.05) is 32.3 Å². The molecular weight excluding hydrogens is 212 g/mol. The number of ether oxygens (including phenoxy) is 1. The first kappa shape index (κ1) is 14.9. The Morgan fingerprint density at radius 1 is 1.24 bits per heavy atom. The highest BCUT2D eigenvalue weighted by atomic mass is 16.5. The van der Waals surface area contributed by atoms with Crippen LogP contribution in [-0.2, 0) is 4.74 Å². The highest BCUT2D eigenvalue weighted by molar-refractivity contribution is 4.80. The van der Waals surface area contributed by atoms with Crippen molar-refractivity contribution in [3.05, 3.63) is 0 Å². The second-order valence-electron chi connectivity index (χ2n) is 5.64. The van der Waals surface area contributed by atoms with Gasteiger partial charge in [-0.1, -0.05) is 19.3 Å². The smallest absolute Gasteiger partial charge is 0.0589 e. The fourth-order valence-electron chi connectivity index (χ4n) is 2.71. The van der Waals surface area contributed by atoms with E-state index >= 15 is 0 Å². The summed E-state index contributed by atoms with van der Waals surface area (Å²) < 4.78 is 5.19. The van der Waals surface area contributed by atoms with Crippen LogP contribution in [-0.4, -0.2) is 43.8 Å². The molecule has 1 aliphatic rings. The lowest BCUT2D eigenvalue weighted by Crippen LogP contribution is -2.43. The number of rotatable bonds is 6. The molecule has 0 aromatic heterocycles. The first-order valence-corrected chi connectivity index (χ1v) is 7.13. The molecule has 1 saturated carbocycles. The van der Waals surface area contributed by atoms with E-state index in [2.05, 4.69) is 18.7 Å². The maximum absolute atomic E-state index is 6.30. The number of methoxy groups -OCH3 is 1. The number of hydrogen-bond acceptors (Lipinski definition) is 3. The van der Waals surface area contributed by atoms with Crippen LogP contribution in [0.3, 0.4) is 0 Å². The van der Waals surface area contributed by atoms with Crippen LogP contribution in [0.2, 0.25) is 0 Å². The van der Waals surface area contributed by atoms with Crippen LogP contribution in [0, 0.1) is 5.92 Å². The third-order valence-electron chi connectivity index (χ3n) is 4.00. The van der Waals surface area contributed by atoms with E-state index in [0.717, 1.165) is 19.7 Å². The molecule has 2 unspecified atom stereocenters. The lowest BCUT2D eigenvalue weighted by molar-refractivity contribution is 0.110. The molecule has 0 aliphatic heterocycles. The fraction of sp³-hybridized carbons (Fsp3) is 1.00. The Balaban J connectivity index is 2.45. The Morgan fingerprint density at radius 3 is 2.59 bits per heavy atom. The molecule has 0 aromatic carbocycles. The highest BCUT2D eigenvalue weighted by Gasteiger charge is 2.23. The zero-order valence-electron chi connectivity index (χ0n) is 11.8. The molecule has 0 heterocycles. The minimum atomic E-state index is 0.404. The topological polar surface area (TPSA) is 38.5 Å². The third-order valence-corrected chi connectivity index (χ3v) is 4.00. The summed E-state index contributed by atoms with van der Waals surface area (Å²) in [4.78, 5) is 2.51. The zero-order valence-corrected chi connectivity index (χ0v) is 11.8. The Morgan fingerprint density at radius 2 is 1.94 bits per heavy atom. The molecule has 0 radical (unpaired) electrons. The van der Waals surface area contributed by atoms with Gasteiger partial charge in [0.25, 0.3) is 0 Å². The molecule has 1 rings (SSSR count). The summed E-state index contributed by atoms with van der Waals surface area (Å²) in [6.07, 6.45) is 6.55. The molecule has 0 amide bonds. The van der Waals surface area contributed by atoms with Crippen LogP contribution in [0.15, 0.2) is 0 Å². The van der Waals surface area contributed by atoms with Gasteiger partial charge < -0.3 is 10.5 Å². The van der Waals surface area contributed by atoms with E-state index in [4.69, 9.17) is 10.5 Å². The summed E-state index contributed by atoms with van der Waals surface area (Å²) in [6.45, 7) is 7.51. The largest absolute Gasteiger partial charge is 0.383 e. The maximum atomic E-state index is 6.30. The minimum Gasteiger partial charge on any atom is -0.383 e. The molecule has 2 atom stereocenters. The van der Waals surface area contributed by atoms with Crippen LogP contribution < -0.4 is 5.73 Å². The van der Waals surface area contributed by atoms with Crippen molar-refractivity contribution < 1.29 is 4.74 Å². The van der Waals surface area contributed by atoms with Crippen LogP contribution in [0.25, 0.3) is 0 Å². The quantitative estimate of drug-likeness (QED) is 0.726. The highest BCUT2D eigenvalue weighted by Crippen LogP contribution is 2.23. The summed E-state index contributed by atoms with van der Waals surface area (Å²) in [5, 5.41) is 0. The Kier molecular flexibility index (Phi) is 7.09. The molecule has 3 nitrogen and oxygen atoms in total. The van der Waals surface area contributed by atoms with Gasteiger partial charge in [0.05, 0.1) is 6.61 Å². The van der Waals surface area contributed by atoms with E-state index in [1.54, 1.807) is 7.11 Å². The van der Waals surface area contributed by atoms with Gasteiger partial charge in [-0.3, -0.25) is 4.90 Å². The molecule has 17 heavy (non-hydrogen) atoms. The van der Waals surface area contributed by atoms with Crippen LogP contribution in [0.4, 0.5) is 0 Å². The summed E-state index contributed by atoms with van der Waals surface area (Å²) in [5.41, 5.74) is 6.30. The van der Waals surface area contributed by atoms with E-state index in [1.165, 1.54) is 32.1 Å². The predicted molar refractivity (Wildman–Crippen MR) is 73.1 cm³/mol. The van der Waals surface area contributed by atoms with Crippen molar-refractivity contribution >= 4 is 0 Å². The molecule has 102 valence electrons. The van der Waals surface area contributed by atoms with E-state index in [0.29, 0.717) is 18.0 Å². The summed E-state index contributed by atoms with van der Waals surface area (Å²) in [5.74, 6) is 0.678. The Labute approximate surface area is 107 Å². The summed E-state index contributed by atoms with van der Waals surface area (Å²) in [6, 6.07) is 0.988. The van der Waals surface area contributed by atoms with E-state index < -0.39 is 0 Å². The van der Waals surface area contributed by atoms with Gasteiger partial charge >= 0.3 is 0 Å². The average Bonchev–Trinajstić information content (AvgIpc) is 2.49. The SMILES string of the molecule is COCCN(CC1CCCCCC1N)C(C)C. The van der Waals surface area contributed by atoms with Crippen molar-refractivity contribution in [2.75, 3.05) is 26.8 Å². The van der Waals surface area contributed by atoms with Gasteiger partial charge in [-0.15, -0.1) is 0 Å². The molecule has 0 aromatic rings. The normalized spacial score (nSPS) is 26.5. The van der Waals surface area contributed by atoms with Gasteiger partial charge in [-0.25, -0.2) is 0 Å².